The van der Waals surface area contributed by atoms with Crippen molar-refractivity contribution >= 4 is 35.1 Å². The molecule has 0 radical (unpaired) electrons. The number of pyridine rings is 1. The molecular formula is C14H19N3S2. The standard InChI is InChI=1S/C14H19N3S2/c1-3-19-12-6-4-5-11(12)17-13-10(16-14(17)18)7-9(2)8-15-13/h7-8,11-12H,3-6H2,1-2H3,(H,16,18). The van der Waals surface area contributed by atoms with Gasteiger partial charge in [0.2, 0.25) is 0 Å². The van der Waals surface area contributed by atoms with Crippen LogP contribution in [-0.2, 0) is 0 Å². The van der Waals surface area contributed by atoms with Crippen LogP contribution in [0, 0.1) is 11.7 Å². The molecule has 0 amide bonds. The normalized spacial score (nSPS) is 23.3. The first-order valence-corrected chi connectivity index (χ1v) is 8.35. The molecule has 2 unspecified atom stereocenters. The lowest BCUT2D eigenvalue weighted by atomic mass is 10.2. The van der Waals surface area contributed by atoms with Crippen LogP contribution in [0.4, 0.5) is 0 Å². The van der Waals surface area contributed by atoms with Crippen LogP contribution in [0.3, 0.4) is 0 Å². The van der Waals surface area contributed by atoms with E-state index >= 15 is 0 Å². The molecule has 5 heteroatoms. The van der Waals surface area contributed by atoms with Gasteiger partial charge < -0.3 is 4.98 Å². The van der Waals surface area contributed by atoms with Crippen molar-refractivity contribution in [1.82, 2.24) is 14.5 Å². The van der Waals surface area contributed by atoms with Crippen LogP contribution in [-0.4, -0.2) is 25.5 Å². The van der Waals surface area contributed by atoms with Crippen molar-refractivity contribution in [3.63, 3.8) is 0 Å². The van der Waals surface area contributed by atoms with E-state index in [0.717, 1.165) is 15.9 Å². The van der Waals surface area contributed by atoms with Gasteiger partial charge in [-0.25, -0.2) is 4.98 Å². The van der Waals surface area contributed by atoms with Crippen LogP contribution in [0.25, 0.3) is 11.2 Å². The van der Waals surface area contributed by atoms with Gasteiger partial charge in [-0.1, -0.05) is 13.3 Å². The van der Waals surface area contributed by atoms with Gasteiger partial charge in [-0.05, 0) is 49.4 Å². The van der Waals surface area contributed by atoms with E-state index in [9.17, 15) is 0 Å². The van der Waals surface area contributed by atoms with E-state index in [1.807, 2.05) is 6.20 Å². The van der Waals surface area contributed by atoms with E-state index in [0.29, 0.717) is 11.3 Å². The second kappa shape index (κ2) is 5.29. The molecule has 0 saturated heterocycles. The lowest BCUT2D eigenvalue weighted by Crippen LogP contribution is -2.16. The Hall–Kier alpha value is -0.810. The Morgan fingerprint density at radius 1 is 1.53 bits per heavy atom. The van der Waals surface area contributed by atoms with Gasteiger partial charge in [0.1, 0.15) is 0 Å². The molecule has 3 rings (SSSR count). The highest BCUT2D eigenvalue weighted by Gasteiger charge is 2.30. The third kappa shape index (κ3) is 2.34. The summed E-state index contributed by atoms with van der Waals surface area (Å²) >= 11 is 7.58. The van der Waals surface area contributed by atoms with Crippen LogP contribution in [0.15, 0.2) is 12.3 Å². The molecule has 1 N–H and O–H groups in total. The summed E-state index contributed by atoms with van der Waals surface area (Å²) in [6.45, 7) is 4.29. The van der Waals surface area contributed by atoms with Gasteiger partial charge in [-0.3, -0.25) is 4.57 Å². The van der Waals surface area contributed by atoms with Gasteiger partial charge >= 0.3 is 0 Å². The first-order valence-electron chi connectivity index (χ1n) is 6.89. The Kier molecular flexibility index (Phi) is 3.67. The number of nitrogens with zero attached hydrogens (tertiary/aromatic N) is 2. The monoisotopic (exact) mass is 293 g/mol. The van der Waals surface area contributed by atoms with Crippen LogP contribution < -0.4 is 0 Å². The van der Waals surface area contributed by atoms with E-state index in [1.165, 1.54) is 30.6 Å². The van der Waals surface area contributed by atoms with Crippen LogP contribution >= 0.6 is 24.0 Å². The molecule has 2 heterocycles. The van der Waals surface area contributed by atoms with Crippen molar-refractivity contribution < 1.29 is 0 Å². The van der Waals surface area contributed by atoms with Crippen molar-refractivity contribution in [2.75, 3.05) is 5.75 Å². The minimum Gasteiger partial charge on any atom is -0.329 e. The van der Waals surface area contributed by atoms with Crippen molar-refractivity contribution in [2.24, 2.45) is 0 Å². The first-order chi connectivity index (χ1) is 9.20. The summed E-state index contributed by atoms with van der Waals surface area (Å²) in [4.78, 5) is 7.91. The van der Waals surface area contributed by atoms with Gasteiger partial charge in [-0.2, -0.15) is 11.8 Å². The average molecular weight is 293 g/mol. The van der Waals surface area contributed by atoms with E-state index in [1.54, 1.807) is 0 Å². The molecule has 0 aromatic carbocycles. The summed E-state index contributed by atoms with van der Waals surface area (Å²) in [6.07, 6.45) is 5.74. The predicted molar refractivity (Wildman–Crippen MR) is 84.5 cm³/mol. The Balaban J connectivity index is 2.09. The number of rotatable bonds is 3. The summed E-state index contributed by atoms with van der Waals surface area (Å²) in [5.74, 6) is 1.17. The lowest BCUT2D eigenvalue weighted by molar-refractivity contribution is 0.533. The zero-order valence-corrected chi connectivity index (χ0v) is 13.0. The Bertz CT molecular complexity index is 644. The summed E-state index contributed by atoms with van der Waals surface area (Å²) < 4.78 is 3.08. The fourth-order valence-corrected chi connectivity index (χ4v) is 4.61. The highest BCUT2D eigenvalue weighted by Crippen LogP contribution is 2.39. The summed E-state index contributed by atoms with van der Waals surface area (Å²) in [6, 6.07) is 2.63. The maximum absolute atomic E-state index is 5.53. The smallest absolute Gasteiger partial charge is 0.179 e. The lowest BCUT2D eigenvalue weighted by Gasteiger charge is -2.20. The Morgan fingerprint density at radius 2 is 2.37 bits per heavy atom. The maximum atomic E-state index is 5.53. The summed E-state index contributed by atoms with van der Waals surface area (Å²) in [7, 11) is 0. The quantitative estimate of drug-likeness (QED) is 0.859. The maximum Gasteiger partial charge on any atom is 0.179 e. The molecular weight excluding hydrogens is 274 g/mol. The van der Waals surface area contributed by atoms with Crippen LogP contribution in [0.1, 0.15) is 37.8 Å². The number of H-pyrrole nitrogens is 1. The molecule has 2 aromatic heterocycles. The fourth-order valence-electron chi connectivity index (χ4n) is 3.04. The molecule has 19 heavy (non-hydrogen) atoms. The molecule has 2 aromatic rings. The van der Waals surface area contributed by atoms with Gasteiger partial charge in [-0.15, -0.1) is 0 Å². The van der Waals surface area contributed by atoms with E-state index in [2.05, 4.69) is 46.2 Å². The van der Waals surface area contributed by atoms with Crippen LogP contribution in [0.5, 0.6) is 0 Å². The zero-order valence-electron chi connectivity index (χ0n) is 11.3. The Labute approximate surface area is 122 Å². The number of hydrogen-bond acceptors (Lipinski definition) is 3. The number of nitrogens with one attached hydrogen (secondary N) is 1. The first kappa shape index (κ1) is 13.2. The number of hydrogen-bond donors (Lipinski definition) is 1. The SMILES string of the molecule is CCSC1CCCC1n1c(=S)[nH]c2cc(C)cnc21. The average Bonchev–Trinajstić information content (AvgIpc) is 2.92. The fraction of sp³-hybridized carbons (Fsp3) is 0.571. The zero-order chi connectivity index (χ0) is 13.4. The second-order valence-electron chi connectivity index (χ2n) is 5.18. The van der Waals surface area contributed by atoms with Gasteiger partial charge in [0.25, 0.3) is 0 Å². The third-order valence-electron chi connectivity index (χ3n) is 3.82. The van der Waals surface area contributed by atoms with Crippen molar-refractivity contribution in [2.45, 2.75) is 44.4 Å². The molecule has 1 aliphatic rings. The highest BCUT2D eigenvalue weighted by molar-refractivity contribution is 7.99. The molecule has 1 saturated carbocycles. The van der Waals surface area contributed by atoms with Crippen molar-refractivity contribution in [1.29, 1.82) is 0 Å². The second-order valence-corrected chi connectivity index (χ2v) is 7.08. The summed E-state index contributed by atoms with van der Waals surface area (Å²) in [5.41, 5.74) is 3.25. The molecule has 0 spiro atoms. The largest absolute Gasteiger partial charge is 0.329 e. The van der Waals surface area contributed by atoms with E-state index in [-0.39, 0.29) is 0 Å². The van der Waals surface area contributed by atoms with Gasteiger partial charge in [0, 0.05) is 17.5 Å². The number of aromatic amines is 1. The predicted octanol–water partition coefficient (Wildman–Crippen LogP) is 4.25. The van der Waals surface area contributed by atoms with E-state index in [4.69, 9.17) is 12.2 Å². The third-order valence-corrected chi connectivity index (χ3v) is 5.43. The Morgan fingerprint density at radius 3 is 3.16 bits per heavy atom. The number of aryl methyl sites for hydroxylation is 1. The number of imidazole rings is 1. The molecule has 1 fully saturated rings. The molecule has 0 aliphatic heterocycles. The van der Waals surface area contributed by atoms with Gasteiger partial charge in [0.05, 0.1) is 5.52 Å². The van der Waals surface area contributed by atoms with E-state index < -0.39 is 0 Å². The number of thioether (sulfide) groups is 1. The molecule has 1 aliphatic carbocycles. The number of aromatic nitrogens is 3. The highest BCUT2D eigenvalue weighted by atomic mass is 32.2. The molecule has 0 bridgehead atoms. The van der Waals surface area contributed by atoms with Crippen LogP contribution in [0.2, 0.25) is 0 Å². The minimum absolute atomic E-state index is 0.501. The minimum atomic E-state index is 0.501. The topological polar surface area (TPSA) is 33.6 Å². The van der Waals surface area contributed by atoms with Crippen molar-refractivity contribution in [3.8, 4) is 0 Å². The van der Waals surface area contributed by atoms with Crippen molar-refractivity contribution in [3.05, 3.63) is 22.6 Å². The molecule has 102 valence electrons. The molecule has 2 atom stereocenters. The number of fused-ring (bicyclic) bond motifs is 1. The molecule has 3 nitrogen and oxygen atoms in total. The van der Waals surface area contributed by atoms with Gasteiger partial charge in [0.15, 0.2) is 10.4 Å². The summed E-state index contributed by atoms with van der Waals surface area (Å²) in [5, 5.41) is 0.679.